The molecule has 0 radical (unpaired) electrons. The molecule has 1 N–H and O–H groups in total. The summed E-state index contributed by atoms with van der Waals surface area (Å²) >= 11 is 0. The SMILES string of the molecule is N#CCN(C(=O)COC(=O)c1cccc(NS(=O)(=O)c2ccccc2)c1)c1ccccc1. The number of benzene rings is 3. The van der Waals surface area contributed by atoms with Gasteiger partial charge in [0.2, 0.25) is 0 Å². The maximum atomic E-state index is 12.5. The van der Waals surface area contributed by atoms with Crippen molar-refractivity contribution in [1.29, 1.82) is 5.26 Å². The van der Waals surface area contributed by atoms with Crippen molar-refractivity contribution in [3.8, 4) is 6.07 Å². The molecular weight excluding hydrogens is 430 g/mol. The minimum atomic E-state index is -3.82. The number of nitrogens with zero attached hydrogens (tertiary/aromatic N) is 2. The summed E-state index contributed by atoms with van der Waals surface area (Å²) < 4.78 is 32.4. The number of anilines is 2. The van der Waals surface area contributed by atoms with E-state index in [2.05, 4.69) is 4.72 Å². The van der Waals surface area contributed by atoms with Gasteiger partial charge in [0, 0.05) is 11.4 Å². The number of nitriles is 1. The lowest BCUT2D eigenvalue weighted by Gasteiger charge is -2.19. The maximum absolute atomic E-state index is 12.5. The Kier molecular flexibility index (Phi) is 7.21. The smallest absolute Gasteiger partial charge is 0.338 e. The largest absolute Gasteiger partial charge is 0.452 e. The summed E-state index contributed by atoms with van der Waals surface area (Å²) in [6.07, 6.45) is 0. The van der Waals surface area contributed by atoms with Crippen molar-refractivity contribution >= 4 is 33.3 Å². The molecular formula is C23H19N3O5S. The molecule has 0 saturated heterocycles. The van der Waals surface area contributed by atoms with Gasteiger partial charge in [0.15, 0.2) is 6.61 Å². The Hall–Kier alpha value is -4.16. The molecule has 0 spiro atoms. The minimum Gasteiger partial charge on any atom is -0.452 e. The number of esters is 1. The first-order valence-electron chi connectivity index (χ1n) is 9.48. The molecule has 0 aliphatic carbocycles. The number of amides is 1. The summed E-state index contributed by atoms with van der Waals surface area (Å²) in [6, 6.07) is 24.0. The quantitative estimate of drug-likeness (QED) is 0.417. The lowest BCUT2D eigenvalue weighted by Crippen LogP contribution is -2.35. The van der Waals surface area contributed by atoms with E-state index in [4.69, 9.17) is 10.00 Å². The molecule has 32 heavy (non-hydrogen) atoms. The zero-order valence-electron chi connectivity index (χ0n) is 16.8. The summed E-state index contributed by atoms with van der Waals surface area (Å²) in [5.41, 5.74) is 0.745. The van der Waals surface area contributed by atoms with Crippen LogP contribution in [0.2, 0.25) is 0 Å². The highest BCUT2D eigenvalue weighted by molar-refractivity contribution is 7.92. The number of para-hydroxylation sites is 1. The topological polar surface area (TPSA) is 117 Å². The van der Waals surface area contributed by atoms with Gasteiger partial charge in [-0.15, -0.1) is 0 Å². The van der Waals surface area contributed by atoms with Gasteiger partial charge in [-0.3, -0.25) is 14.4 Å². The van der Waals surface area contributed by atoms with Crippen LogP contribution in [-0.2, 0) is 19.6 Å². The maximum Gasteiger partial charge on any atom is 0.338 e. The van der Waals surface area contributed by atoms with Crippen molar-refractivity contribution in [2.45, 2.75) is 4.90 Å². The molecule has 162 valence electrons. The van der Waals surface area contributed by atoms with E-state index >= 15 is 0 Å². The Labute approximate surface area is 185 Å². The van der Waals surface area contributed by atoms with Crippen molar-refractivity contribution in [2.24, 2.45) is 0 Å². The first-order valence-corrected chi connectivity index (χ1v) is 11.0. The standard InChI is InChI=1S/C23H19N3O5S/c24-14-15-26(20-10-3-1-4-11-20)22(27)17-31-23(28)18-8-7-9-19(16-18)25-32(29,30)21-12-5-2-6-13-21/h1-13,16,25H,15,17H2. The fourth-order valence-corrected chi connectivity index (χ4v) is 3.88. The lowest BCUT2D eigenvalue weighted by atomic mass is 10.2. The first kappa shape index (κ1) is 22.5. The normalized spacial score (nSPS) is 10.6. The third-order valence-corrected chi connectivity index (χ3v) is 5.73. The van der Waals surface area contributed by atoms with Gasteiger partial charge in [0.25, 0.3) is 15.9 Å². The molecule has 3 rings (SSSR count). The molecule has 3 aromatic carbocycles. The van der Waals surface area contributed by atoms with Gasteiger partial charge in [0.1, 0.15) is 6.54 Å². The summed E-state index contributed by atoms with van der Waals surface area (Å²) in [6.45, 7) is -0.771. The average Bonchev–Trinajstić information content (AvgIpc) is 2.82. The van der Waals surface area contributed by atoms with Gasteiger partial charge < -0.3 is 4.74 Å². The molecule has 0 aliphatic rings. The van der Waals surface area contributed by atoms with E-state index in [1.165, 1.54) is 41.3 Å². The Bertz CT molecular complexity index is 1240. The predicted octanol–water partition coefficient (Wildman–Crippen LogP) is 3.20. The number of hydrogen-bond acceptors (Lipinski definition) is 6. The highest BCUT2D eigenvalue weighted by Gasteiger charge is 2.19. The number of hydrogen-bond donors (Lipinski definition) is 1. The van der Waals surface area contributed by atoms with Gasteiger partial charge in [0.05, 0.1) is 16.5 Å². The molecule has 0 unspecified atom stereocenters. The number of ether oxygens (including phenoxy) is 1. The van der Waals surface area contributed by atoms with Crippen LogP contribution in [-0.4, -0.2) is 33.4 Å². The van der Waals surface area contributed by atoms with Crippen molar-refractivity contribution in [1.82, 2.24) is 0 Å². The number of carbonyl (C=O) groups is 2. The fourth-order valence-electron chi connectivity index (χ4n) is 2.81. The molecule has 1 amide bonds. The van der Waals surface area contributed by atoms with Crippen molar-refractivity contribution < 1.29 is 22.7 Å². The minimum absolute atomic E-state index is 0.0672. The van der Waals surface area contributed by atoms with Crippen LogP contribution < -0.4 is 9.62 Å². The van der Waals surface area contributed by atoms with E-state index < -0.39 is 28.5 Å². The molecule has 0 bridgehead atoms. The molecule has 0 heterocycles. The molecule has 0 saturated carbocycles. The summed E-state index contributed by atoms with van der Waals surface area (Å²) in [5, 5.41) is 9.00. The van der Waals surface area contributed by atoms with Crippen LogP contribution in [0, 0.1) is 11.3 Å². The zero-order valence-corrected chi connectivity index (χ0v) is 17.7. The van der Waals surface area contributed by atoms with Gasteiger partial charge in [-0.05, 0) is 42.5 Å². The van der Waals surface area contributed by atoms with E-state index in [1.54, 1.807) is 48.5 Å². The Balaban J connectivity index is 1.67. The third-order valence-electron chi connectivity index (χ3n) is 4.33. The second kappa shape index (κ2) is 10.2. The third kappa shape index (κ3) is 5.71. The fraction of sp³-hybridized carbons (Fsp3) is 0.0870. The second-order valence-electron chi connectivity index (χ2n) is 6.55. The summed E-state index contributed by atoms with van der Waals surface area (Å²) in [5.74, 6) is -1.36. The average molecular weight is 449 g/mol. The van der Waals surface area contributed by atoms with Crippen LogP contribution in [0.4, 0.5) is 11.4 Å². The first-order chi connectivity index (χ1) is 15.4. The van der Waals surface area contributed by atoms with Crippen LogP contribution in [0.25, 0.3) is 0 Å². The molecule has 9 heteroatoms. The molecule has 0 atom stereocenters. The van der Waals surface area contributed by atoms with Gasteiger partial charge in [-0.1, -0.05) is 42.5 Å². The number of nitrogens with one attached hydrogen (secondary N) is 1. The summed E-state index contributed by atoms with van der Waals surface area (Å²) in [7, 11) is -3.82. The van der Waals surface area contributed by atoms with Crippen LogP contribution in [0.3, 0.4) is 0 Å². The van der Waals surface area contributed by atoms with E-state index in [-0.39, 0.29) is 22.7 Å². The zero-order chi connectivity index (χ0) is 23.0. The van der Waals surface area contributed by atoms with Crippen molar-refractivity contribution in [2.75, 3.05) is 22.8 Å². The number of sulfonamides is 1. The summed E-state index contributed by atoms with van der Waals surface area (Å²) in [4.78, 5) is 26.2. The van der Waals surface area contributed by atoms with E-state index in [9.17, 15) is 18.0 Å². The van der Waals surface area contributed by atoms with Crippen LogP contribution in [0.5, 0.6) is 0 Å². The number of rotatable bonds is 8. The van der Waals surface area contributed by atoms with Crippen molar-refractivity contribution in [3.05, 3.63) is 90.5 Å². The van der Waals surface area contributed by atoms with Crippen molar-refractivity contribution in [3.63, 3.8) is 0 Å². The van der Waals surface area contributed by atoms with Gasteiger partial charge in [-0.25, -0.2) is 13.2 Å². The van der Waals surface area contributed by atoms with Gasteiger partial charge in [-0.2, -0.15) is 5.26 Å². The molecule has 0 aliphatic heterocycles. The Morgan fingerprint density at radius 1 is 0.938 bits per heavy atom. The van der Waals surface area contributed by atoms with Crippen LogP contribution >= 0.6 is 0 Å². The highest BCUT2D eigenvalue weighted by Crippen LogP contribution is 2.18. The lowest BCUT2D eigenvalue weighted by molar-refractivity contribution is -0.121. The predicted molar refractivity (Wildman–Crippen MR) is 118 cm³/mol. The molecule has 8 nitrogen and oxygen atoms in total. The second-order valence-corrected chi connectivity index (χ2v) is 8.23. The Morgan fingerprint density at radius 2 is 1.59 bits per heavy atom. The molecule has 3 aromatic rings. The monoisotopic (exact) mass is 449 g/mol. The van der Waals surface area contributed by atoms with E-state index in [0.29, 0.717) is 5.69 Å². The molecule has 0 fully saturated rings. The van der Waals surface area contributed by atoms with E-state index in [0.717, 1.165) is 0 Å². The highest BCUT2D eigenvalue weighted by atomic mass is 32.2. The number of carbonyl (C=O) groups excluding carboxylic acids is 2. The van der Waals surface area contributed by atoms with Crippen LogP contribution in [0.1, 0.15) is 10.4 Å². The molecule has 0 aromatic heterocycles. The Morgan fingerprint density at radius 3 is 2.25 bits per heavy atom. The van der Waals surface area contributed by atoms with Crippen LogP contribution in [0.15, 0.2) is 89.8 Å². The van der Waals surface area contributed by atoms with E-state index in [1.807, 2.05) is 6.07 Å². The van der Waals surface area contributed by atoms with Gasteiger partial charge >= 0.3 is 5.97 Å².